The van der Waals surface area contributed by atoms with Crippen LogP contribution in [0.2, 0.25) is 5.02 Å². The molecule has 6 nitrogen and oxygen atoms in total. The predicted molar refractivity (Wildman–Crippen MR) is 127 cm³/mol. The first kappa shape index (κ1) is 24.3. The van der Waals surface area contributed by atoms with Crippen molar-refractivity contribution in [3.63, 3.8) is 0 Å². The summed E-state index contributed by atoms with van der Waals surface area (Å²) in [5.41, 5.74) is 3.22. The average Bonchev–Trinajstić information content (AvgIpc) is 2.77. The van der Waals surface area contributed by atoms with E-state index in [0.717, 1.165) is 16.7 Å². The molecule has 3 rings (SSSR count). The van der Waals surface area contributed by atoms with Gasteiger partial charge in [0.05, 0.1) is 6.61 Å². The van der Waals surface area contributed by atoms with Crippen molar-refractivity contribution in [1.82, 2.24) is 4.57 Å². The molecule has 33 heavy (non-hydrogen) atoms. The molecule has 0 bridgehead atoms. The fourth-order valence-electron chi connectivity index (χ4n) is 3.71. The molecule has 0 fully saturated rings. The largest absolute Gasteiger partial charge is 0.494 e. The normalized spacial score (nSPS) is 11.7. The van der Waals surface area contributed by atoms with Crippen LogP contribution in [0.25, 0.3) is 0 Å². The van der Waals surface area contributed by atoms with E-state index in [9.17, 15) is 14.4 Å². The van der Waals surface area contributed by atoms with Gasteiger partial charge in [-0.15, -0.1) is 0 Å². The van der Waals surface area contributed by atoms with E-state index in [0.29, 0.717) is 29.4 Å². The minimum atomic E-state index is -0.849. The van der Waals surface area contributed by atoms with Gasteiger partial charge in [-0.2, -0.15) is 0 Å². The highest BCUT2D eigenvalue weighted by molar-refractivity contribution is 6.30. The lowest BCUT2D eigenvalue weighted by atomic mass is 9.84. The summed E-state index contributed by atoms with van der Waals surface area (Å²) in [5.74, 6) is -0.495. The molecule has 0 saturated heterocycles. The highest BCUT2D eigenvalue weighted by atomic mass is 35.5. The van der Waals surface area contributed by atoms with Gasteiger partial charge < -0.3 is 14.4 Å². The third-order valence-electron chi connectivity index (χ3n) is 5.49. The van der Waals surface area contributed by atoms with E-state index in [4.69, 9.17) is 21.4 Å². The number of aliphatic carboxylic acids is 1. The molecule has 0 aliphatic carbocycles. The van der Waals surface area contributed by atoms with Crippen LogP contribution in [-0.4, -0.2) is 28.0 Å². The number of Topliss-reactive ketones (excluding diaryl/α,β-unsaturated/α-hetero) is 1. The van der Waals surface area contributed by atoms with Crippen molar-refractivity contribution < 1.29 is 19.4 Å². The molecule has 1 atom stereocenters. The zero-order chi connectivity index (χ0) is 24.0. The minimum Gasteiger partial charge on any atom is -0.494 e. The number of carboxylic acid groups (broad SMARTS) is 1. The fourth-order valence-corrected chi connectivity index (χ4v) is 3.94. The molecule has 2 aromatic carbocycles. The van der Waals surface area contributed by atoms with Gasteiger partial charge in [0.15, 0.2) is 5.78 Å². The molecule has 3 aromatic rings. The molecule has 0 aliphatic rings. The van der Waals surface area contributed by atoms with Crippen LogP contribution in [0.4, 0.5) is 0 Å². The first-order chi connectivity index (χ1) is 15.7. The predicted octanol–water partition coefficient (Wildman–Crippen LogP) is 5.00. The number of benzene rings is 2. The number of hydrogen-bond acceptors (Lipinski definition) is 4. The van der Waals surface area contributed by atoms with Crippen LogP contribution in [0.1, 0.15) is 52.2 Å². The zero-order valence-electron chi connectivity index (χ0n) is 18.6. The molecule has 1 N–H and O–H groups in total. The highest BCUT2D eigenvalue weighted by Crippen LogP contribution is 2.33. The molecule has 0 amide bonds. The monoisotopic (exact) mass is 467 g/mol. The van der Waals surface area contributed by atoms with E-state index in [1.165, 1.54) is 10.6 Å². The van der Waals surface area contributed by atoms with Gasteiger partial charge in [0.2, 0.25) is 5.56 Å². The van der Waals surface area contributed by atoms with E-state index < -0.39 is 5.97 Å². The highest BCUT2D eigenvalue weighted by Gasteiger charge is 2.21. The van der Waals surface area contributed by atoms with Crippen LogP contribution in [-0.2, 0) is 11.8 Å². The molecule has 0 radical (unpaired) electrons. The van der Waals surface area contributed by atoms with E-state index in [2.05, 4.69) is 0 Å². The smallest absolute Gasteiger partial charge is 0.303 e. The van der Waals surface area contributed by atoms with Gasteiger partial charge in [0.1, 0.15) is 5.75 Å². The quantitative estimate of drug-likeness (QED) is 0.335. The van der Waals surface area contributed by atoms with Gasteiger partial charge in [0.25, 0.3) is 0 Å². The number of pyridine rings is 1. The molecule has 0 saturated carbocycles. The van der Waals surface area contributed by atoms with Crippen molar-refractivity contribution in [3.8, 4) is 5.75 Å². The number of aromatic nitrogens is 1. The average molecular weight is 468 g/mol. The number of carboxylic acids is 1. The number of halogens is 1. The lowest BCUT2D eigenvalue weighted by Crippen LogP contribution is -2.17. The molecular weight excluding hydrogens is 442 g/mol. The lowest BCUT2D eigenvalue weighted by Gasteiger charge is -2.20. The number of ketones is 1. The van der Waals surface area contributed by atoms with Crippen molar-refractivity contribution >= 4 is 23.4 Å². The number of nitrogens with zero attached hydrogens (tertiary/aromatic N) is 1. The molecular formula is C26H26ClNO5. The standard InChI is InChI=1S/C26H26ClNO5/c1-17-14-20(27)8-11-22(17)23(15-24(29)19-7-12-25(30)28(2)16-19)18-5-9-21(10-6-18)33-13-3-4-26(31)32/h5-12,14,16,23H,3-4,13,15H2,1-2H3,(H,31,32). The van der Waals surface area contributed by atoms with Gasteiger partial charge in [-0.05, 0) is 60.4 Å². The molecule has 1 heterocycles. The topological polar surface area (TPSA) is 85.6 Å². The maximum Gasteiger partial charge on any atom is 0.303 e. The Morgan fingerprint density at radius 1 is 1.09 bits per heavy atom. The number of carbonyl (C=O) groups is 2. The van der Waals surface area contributed by atoms with Gasteiger partial charge in [0, 0.05) is 48.7 Å². The van der Waals surface area contributed by atoms with Crippen LogP contribution in [0.3, 0.4) is 0 Å². The zero-order valence-corrected chi connectivity index (χ0v) is 19.3. The lowest BCUT2D eigenvalue weighted by molar-refractivity contribution is -0.137. The maximum absolute atomic E-state index is 13.1. The van der Waals surface area contributed by atoms with Gasteiger partial charge >= 0.3 is 5.97 Å². The Morgan fingerprint density at radius 2 is 1.82 bits per heavy atom. The Morgan fingerprint density at radius 3 is 2.45 bits per heavy atom. The second-order valence-electron chi connectivity index (χ2n) is 7.96. The Labute approximate surface area is 197 Å². The molecule has 1 unspecified atom stereocenters. The summed E-state index contributed by atoms with van der Waals surface area (Å²) >= 11 is 6.15. The third kappa shape index (κ3) is 6.56. The molecule has 0 spiro atoms. The van der Waals surface area contributed by atoms with Crippen molar-refractivity contribution in [2.24, 2.45) is 7.05 Å². The van der Waals surface area contributed by atoms with Crippen molar-refractivity contribution in [1.29, 1.82) is 0 Å². The van der Waals surface area contributed by atoms with Crippen LogP contribution < -0.4 is 10.3 Å². The van der Waals surface area contributed by atoms with Crippen LogP contribution >= 0.6 is 11.6 Å². The SMILES string of the molecule is Cc1cc(Cl)ccc1C(CC(=O)c1ccc(=O)n(C)c1)c1ccc(OCCCC(=O)O)cc1. The van der Waals surface area contributed by atoms with E-state index in [1.54, 1.807) is 19.3 Å². The number of hydrogen-bond donors (Lipinski definition) is 1. The Kier molecular flexibility index (Phi) is 8.06. The summed E-state index contributed by atoms with van der Waals surface area (Å²) in [6, 6.07) is 16.1. The van der Waals surface area contributed by atoms with Gasteiger partial charge in [-0.3, -0.25) is 14.4 Å². The first-order valence-electron chi connectivity index (χ1n) is 10.6. The number of aryl methyl sites for hydroxylation is 2. The Hall–Kier alpha value is -3.38. The van der Waals surface area contributed by atoms with Crippen molar-refractivity contribution in [2.75, 3.05) is 6.61 Å². The van der Waals surface area contributed by atoms with Crippen LogP contribution in [0.5, 0.6) is 5.75 Å². The number of rotatable bonds is 10. The minimum absolute atomic E-state index is 0.0587. The summed E-state index contributed by atoms with van der Waals surface area (Å²) in [6.45, 7) is 2.28. The van der Waals surface area contributed by atoms with E-state index in [-0.39, 0.29) is 30.1 Å². The first-order valence-corrected chi connectivity index (χ1v) is 11.0. The Balaban J connectivity index is 1.85. The number of carbonyl (C=O) groups excluding carboxylic acids is 1. The molecule has 172 valence electrons. The van der Waals surface area contributed by atoms with Gasteiger partial charge in [-0.1, -0.05) is 29.8 Å². The maximum atomic E-state index is 13.1. The summed E-state index contributed by atoms with van der Waals surface area (Å²) in [7, 11) is 1.62. The summed E-state index contributed by atoms with van der Waals surface area (Å²) in [6.07, 6.45) is 2.27. The second kappa shape index (κ2) is 11.0. The van der Waals surface area contributed by atoms with Gasteiger partial charge in [-0.25, -0.2) is 0 Å². The molecule has 7 heteroatoms. The molecule has 1 aromatic heterocycles. The summed E-state index contributed by atoms with van der Waals surface area (Å²) in [5, 5.41) is 9.36. The third-order valence-corrected chi connectivity index (χ3v) is 5.73. The summed E-state index contributed by atoms with van der Waals surface area (Å²) < 4.78 is 7.03. The van der Waals surface area contributed by atoms with Crippen molar-refractivity contribution in [3.05, 3.63) is 98.4 Å². The van der Waals surface area contributed by atoms with E-state index in [1.807, 2.05) is 49.4 Å². The van der Waals surface area contributed by atoms with Crippen molar-refractivity contribution in [2.45, 2.75) is 32.1 Å². The molecule has 0 aliphatic heterocycles. The Bertz CT molecular complexity index is 1200. The fraction of sp³-hybridized carbons (Fsp3) is 0.269. The summed E-state index contributed by atoms with van der Waals surface area (Å²) in [4.78, 5) is 35.5. The van der Waals surface area contributed by atoms with Crippen LogP contribution in [0.15, 0.2) is 65.6 Å². The van der Waals surface area contributed by atoms with Crippen LogP contribution in [0, 0.1) is 6.92 Å². The second-order valence-corrected chi connectivity index (χ2v) is 8.40. The van der Waals surface area contributed by atoms with E-state index >= 15 is 0 Å². The number of ether oxygens (including phenoxy) is 1.